The van der Waals surface area contributed by atoms with Gasteiger partial charge in [0.25, 0.3) is 0 Å². The maximum atomic E-state index is 8.88. The summed E-state index contributed by atoms with van der Waals surface area (Å²) in [7, 11) is -1.22. The zero-order chi connectivity index (χ0) is 20.7. The summed E-state index contributed by atoms with van der Waals surface area (Å²) in [5, 5.41) is 9.39. The second kappa shape index (κ2) is 15.1. The van der Waals surface area contributed by atoms with E-state index in [1.807, 2.05) is 36.0 Å². The van der Waals surface area contributed by atoms with Crippen molar-refractivity contribution in [1.29, 1.82) is 5.26 Å². The number of thioether (sulfide) groups is 1. The topological polar surface area (TPSA) is 33.0 Å². The zero-order valence-electron chi connectivity index (χ0n) is 18.6. The molecule has 0 aliphatic heterocycles. The van der Waals surface area contributed by atoms with Crippen LogP contribution in [0.25, 0.3) is 0 Å². The van der Waals surface area contributed by atoms with Crippen LogP contribution in [0, 0.1) is 11.3 Å². The number of hydrogen-bond donors (Lipinski definition) is 0. The molecule has 0 saturated heterocycles. The minimum Gasteiger partial charge on any atom is -0.420 e. The normalized spacial score (nSPS) is 12.7. The van der Waals surface area contributed by atoms with Crippen LogP contribution in [0.4, 0.5) is 0 Å². The predicted octanol–water partition coefficient (Wildman–Crippen LogP) is 7.72. The Bertz CT molecular complexity index is 533. The van der Waals surface area contributed by atoms with Gasteiger partial charge in [-0.3, -0.25) is 0 Å². The van der Waals surface area contributed by atoms with Gasteiger partial charge in [0.15, 0.2) is 9.04 Å². The summed E-state index contributed by atoms with van der Waals surface area (Å²) in [6.07, 6.45) is 13.2. The number of hydrogen-bond acceptors (Lipinski definition) is 3. The summed E-state index contributed by atoms with van der Waals surface area (Å²) in [6.45, 7) is 10.3. The first kappa shape index (κ1) is 25.3. The van der Waals surface area contributed by atoms with E-state index in [1.165, 1.54) is 62.7 Å². The van der Waals surface area contributed by atoms with Crippen molar-refractivity contribution < 1.29 is 4.43 Å². The minimum atomic E-state index is -1.22. The molecule has 4 heteroatoms. The smallest absolute Gasteiger partial charge is 0.179 e. The zero-order valence-corrected chi connectivity index (χ0v) is 20.6. The highest BCUT2D eigenvalue weighted by molar-refractivity contribution is 7.99. The van der Waals surface area contributed by atoms with Crippen LogP contribution in [0.2, 0.25) is 11.6 Å². The molecule has 0 radical (unpaired) electrons. The Labute approximate surface area is 180 Å². The molecule has 0 saturated carbocycles. The Kier molecular flexibility index (Phi) is 13.7. The fourth-order valence-electron chi connectivity index (χ4n) is 3.88. The molecule has 0 aliphatic carbocycles. The van der Waals surface area contributed by atoms with Gasteiger partial charge < -0.3 is 4.43 Å². The van der Waals surface area contributed by atoms with Gasteiger partial charge >= 0.3 is 0 Å². The van der Waals surface area contributed by atoms with Crippen LogP contribution >= 0.6 is 11.8 Å². The molecule has 0 heterocycles. The Hall–Kier alpha value is -0.763. The fraction of sp³-hybridized carbons (Fsp3) is 0.708. The average Bonchev–Trinajstić information content (AvgIpc) is 2.73. The lowest BCUT2D eigenvalue weighted by Gasteiger charge is -2.39. The minimum absolute atomic E-state index is 0.502. The average molecular weight is 420 g/mol. The highest BCUT2D eigenvalue weighted by Gasteiger charge is 2.36. The first-order valence-electron chi connectivity index (χ1n) is 11.4. The van der Waals surface area contributed by atoms with Crippen LogP contribution in [-0.2, 0) is 4.43 Å². The van der Waals surface area contributed by atoms with Crippen LogP contribution in [0.15, 0.2) is 29.2 Å². The first-order valence-corrected chi connectivity index (χ1v) is 14.5. The van der Waals surface area contributed by atoms with E-state index in [4.69, 9.17) is 9.69 Å². The maximum Gasteiger partial charge on any atom is 0.179 e. The summed E-state index contributed by atoms with van der Waals surface area (Å²) in [4.78, 5) is 1.24. The van der Waals surface area contributed by atoms with E-state index in [0.717, 1.165) is 24.3 Å². The molecule has 1 rings (SSSR count). The monoisotopic (exact) mass is 419 g/mol. The third-order valence-corrected chi connectivity index (χ3v) is 10.3. The van der Waals surface area contributed by atoms with E-state index in [9.17, 15) is 0 Å². The van der Waals surface area contributed by atoms with Crippen LogP contribution in [0.5, 0.6) is 0 Å². The van der Waals surface area contributed by atoms with Gasteiger partial charge in [0, 0.05) is 17.3 Å². The maximum absolute atomic E-state index is 8.88. The summed E-state index contributed by atoms with van der Waals surface area (Å²) >= 11 is 1.87. The van der Waals surface area contributed by atoms with Crippen LogP contribution in [0.3, 0.4) is 0 Å². The summed E-state index contributed by atoms with van der Waals surface area (Å²) in [5.41, 5.74) is 0.732. The summed E-state index contributed by atoms with van der Waals surface area (Å²) in [5.74, 6) is 1.08. The van der Waals surface area contributed by atoms with Gasteiger partial charge in [-0.25, -0.2) is 0 Å². The van der Waals surface area contributed by atoms with Gasteiger partial charge in [-0.1, -0.05) is 59.3 Å². The Balaban J connectivity index is 2.50. The molecular weight excluding hydrogens is 378 g/mol. The van der Waals surface area contributed by atoms with Crippen molar-refractivity contribution in [3.05, 3.63) is 29.8 Å². The quantitative estimate of drug-likeness (QED) is 0.156. The molecule has 0 N–H and O–H groups in total. The lowest BCUT2D eigenvalue weighted by atomic mass is 9.89. The van der Waals surface area contributed by atoms with E-state index in [2.05, 4.69) is 33.4 Å². The van der Waals surface area contributed by atoms with Crippen molar-refractivity contribution in [1.82, 2.24) is 0 Å². The van der Waals surface area contributed by atoms with Crippen molar-refractivity contribution in [3.8, 4) is 6.07 Å². The standard InChI is InChI=1S/C24H41NOSSi/c1-5-8-16-24(17-9-6-2,18-10-7-3)28(4)26-19-11-20-27-23-14-12-22(21-25)13-15-23/h12-15,28H,5-11,16-20H2,1-4H3. The van der Waals surface area contributed by atoms with Crippen molar-refractivity contribution in [2.24, 2.45) is 0 Å². The van der Waals surface area contributed by atoms with Gasteiger partial charge in [-0.2, -0.15) is 5.26 Å². The van der Waals surface area contributed by atoms with Gasteiger partial charge in [0.2, 0.25) is 0 Å². The highest BCUT2D eigenvalue weighted by atomic mass is 32.2. The Morgan fingerprint density at radius 1 is 0.929 bits per heavy atom. The number of nitrogens with zero attached hydrogens (tertiary/aromatic N) is 1. The van der Waals surface area contributed by atoms with Crippen molar-refractivity contribution in [2.45, 2.75) is 101 Å². The largest absolute Gasteiger partial charge is 0.420 e. The van der Waals surface area contributed by atoms with Crippen LogP contribution in [-0.4, -0.2) is 21.4 Å². The van der Waals surface area contributed by atoms with E-state index in [1.54, 1.807) is 0 Å². The van der Waals surface area contributed by atoms with Crippen molar-refractivity contribution in [3.63, 3.8) is 0 Å². The highest BCUT2D eigenvalue weighted by Crippen LogP contribution is 2.46. The number of unbranched alkanes of at least 4 members (excludes halogenated alkanes) is 3. The molecule has 158 valence electrons. The molecule has 2 nitrogen and oxygen atoms in total. The molecule has 0 aliphatic rings. The third kappa shape index (κ3) is 9.16. The molecule has 0 spiro atoms. The van der Waals surface area contributed by atoms with E-state index in [-0.39, 0.29) is 0 Å². The van der Waals surface area contributed by atoms with Crippen molar-refractivity contribution in [2.75, 3.05) is 12.4 Å². The molecule has 0 bridgehead atoms. The van der Waals surface area contributed by atoms with Crippen LogP contribution in [0.1, 0.15) is 90.5 Å². The molecule has 0 fully saturated rings. The lowest BCUT2D eigenvalue weighted by Crippen LogP contribution is -2.34. The van der Waals surface area contributed by atoms with Gasteiger partial charge in [-0.15, -0.1) is 11.8 Å². The van der Waals surface area contributed by atoms with E-state index < -0.39 is 9.04 Å². The summed E-state index contributed by atoms with van der Waals surface area (Å²) in [6, 6.07) is 10.1. The van der Waals surface area contributed by atoms with Crippen LogP contribution < -0.4 is 0 Å². The molecule has 1 unspecified atom stereocenters. The Morgan fingerprint density at radius 2 is 1.46 bits per heavy atom. The second-order valence-electron chi connectivity index (χ2n) is 8.02. The predicted molar refractivity (Wildman–Crippen MR) is 127 cm³/mol. The van der Waals surface area contributed by atoms with Gasteiger partial charge in [-0.05, 0) is 61.5 Å². The molecule has 1 aromatic carbocycles. The number of nitriles is 1. The first-order chi connectivity index (χ1) is 13.6. The van der Waals surface area contributed by atoms with Gasteiger partial charge in [0.05, 0.1) is 11.6 Å². The Morgan fingerprint density at radius 3 is 1.93 bits per heavy atom. The number of rotatable bonds is 16. The molecule has 1 atom stereocenters. The SMILES string of the molecule is CCCCC(CCCC)(CCCC)[SiH](C)OCCCSc1ccc(C#N)cc1. The third-order valence-electron chi connectivity index (χ3n) is 5.86. The lowest BCUT2D eigenvalue weighted by molar-refractivity contribution is 0.271. The van der Waals surface area contributed by atoms with E-state index in [0.29, 0.717) is 5.04 Å². The molecule has 0 amide bonds. The molecule has 28 heavy (non-hydrogen) atoms. The molecule has 1 aromatic rings. The molecule has 0 aromatic heterocycles. The second-order valence-corrected chi connectivity index (χ2v) is 12.0. The molecular formula is C24H41NOSSi. The summed E-state index contributed by atoms with van der Waals surface area (Å²) < 4.78 is 6.56. The van der Waals surface area contributed by atoms with Crippen molar-refractivity contribution >= 4 is 20.8 Å². The van der Waals surface area contributed by atoms with Gasteiger partial charge in [0.1, 0.15) is 0 Å². The number of benzene rings is 1. The fourth-order valence-corrected chi connectivity index (χ4v) is 7.41. The van der Waals surface area contributed by atoms with E-state index >= 15 is 0 Å².